The van der Waals surface area contributed by atoms with Gasteiger partial charge in [0.05, 0.1) is 23.5 Å². The molecule has 1 aromatic heterocycles. The smallest absolute Gasteiger partial charge is 0.168 e. The van der Waals surface area contributed by atoms with Crippen LogP contribution in [0.15, 0.2) is 72.8 Å². The van der Waals surface area contributed by atoms with Crippen molar-refractivity contribution in [2.75, 3.05) is 0 Å². The van der Waals surface area contributed by atoms with Crippen molar-refractivity contribution in [3.63, 3.8) is 0 Å². The molecule has 1 saturated carbocycles. The molecule has 3 heterocycles. The minimum atomic E-state index is -0.215. The van der Waals surface area contributed by atoms with Crippen LogP contribution in [-0.2, 0) is 23.5 Å². The first kappa shape index (κ1) is 20.9. The number of carbonyl (C=O) groups is 1. The number of nitrogens with zero attached hydrogens (tertiary/aromatic N) is 1. The Balaban J connectivity index is 1.26. The van der Waals surface area contributed by atoms with E-state index in [-0.39, 0.29) is 11.5 Å². The average molecular weight is 460 g/mol. The Morgan fingerprint density at radius 2 is 1.66 bits per heavy atom. The highest BCUT2D eigenvalue weighted by Gasteiger charge is 2.42. The lowest BCUT2D eigenvalue weighted by Crippen LogP contribution is -2.25. The molecule has 0 N–H and O–H groups in total. The normalized spacial score (nSPS) is 22.9. The summed E-state index contributed by atoms with van der Waals surface area (Å²) in [6.45, 7) is 1.47. The molecule has 0 amide bonds. The molecule has 174 valence electrons. The second-order valence-corrected chi connectivity index (χ2v) is 10.3. The number of para-hydroxylation sites is 1. The molecule has 3 aromatic carbocycles. The number of hydrogen-bond acceptors (Lipinski definition) is 2. The third kappa shape index (κ3) is 3.25. The first-order chi connectivity index (χ1) is 17.2. The van der Waals surface area contributed by atoms with Gasteiger partial charge in [-0.2, -0.15) is 0 Å². The minimum Gasteiger partial charge on any atom is -0.366 e. The van der Waals surface area contributed by atoms with Gasteiger partial charge in [-0.15, -0.1) is 0 Å². The van der Waals surface area contributed by atoms with E-state index in [1.54, 1.807) is 0 Å². The Labute approximate surface area is 206 Å². The van der Waals surface area contributed by atoms with E-state index in [0.29, 0.717) is 12.4 Å². The molecular weight excluding hydrogens is 430 g/mol. The van der Waals surface area contributed by atoms with Crippen LogP contribution in [0.25, 0.3) is 23.1 Å². The summed E-state index contributed by atoms with van der Waals surface area (Å²) in [5, 5.41) is 1.08. The molecule has 0 saturated heterocycles. The summed E-state index contributed by atoms with van der Waals surface area (Å²) in [4.78, 5) is 14.2. The van der Waals surface area contributed by atoms with Gasteiger partial charge in [-0.25, -0.2) is 0 Å². The van der Waals surface area contributed by atoms with Crippen LogP contribution in [0.1, 0.15) is 70.4 Å². The van der Waals surface area contributed by atoms with Crippen molar-refractivity contribution >= 4 is 28.8 Å². The number of ether oxygens (including phenoxy) is 1. The quantitative estimate of drug-likeness (QED) is 0.258. The lowest BCUT2D eigenvalue weighted by molar-refractivity contribution is -0.0497. The lowest BCUT2D eigenvalue weighted by Gasteiger charge is -2.28. The molecule has 2 unspecified atom stereocenters. The second kappa shape index (κ2) is 8.07. The van der Waals surface area contributed by atoms with Crippen LogP contribution in [-0.4, -0.2) is 10.4 Å². The topological polar surface area (TPSA) is 31.2 Å². The Bertz CT molecular complexity index is 1490. The first-order valence-corrected chi connectivity index (χ1v) is 12.9. The fourth-order valence-corrected chi connectivity index (χ4v) is 6.68. The molecule has 1 aliphatic carbocycles. The standard InChI is InChI=1S/C32H29NO2/c34-31(23-11-7-18-32(19-17-23)27-13-5-3-10-25(27)21-35-32)30-26-12-4-6-14-28(26)33-20-24-9-2-1-8-22(24)15-16-29(30)33/h1-6,8-10,12-16,23H,7,11,17-21H2. The van der Waals surface area contributed by atoms with Gasteiger partial charge < -0.3 is 9.30 Å². The van der Waals surface area contributed by atoms with Crippen molar-refractivity contribution < 1.29 is 9.53 Å². The number of benzene rings is 3. The molecule has 35 heavy (non-hydrogen) atoms. The SMILES string of the molecule is O=C(c1c2n(c3ccccc13)Cc1ccccc1C=C2)C1CCCC2(CC1)OCc1ccccc12. The summed E-state index contributed by atoms with van der Waals surface area (Å²) in [5.74, 6) is 0.328. The van der Waals surface area contributed by atoms with Gasteiger partial charge in [0.2, 0.25) is 0 Å². The Morgan fingerprint density at radius 1 is 0.857 bits per heavy atom. The van der Waals surface area contributed by atoms with Crippen molar-refractivity contribution in [2.24, 2.45) is 5.92 Å². The van der Waals surface area contributed by atoms with Gasteiger partial charge in [0.25, 0.3) is 0 Å². The van der Waals surface area contributed by atoms with Crippen molar-refractivity contribution in [2.45, 2.75) is 50.9 Å². The molecule has 4 aromatic rings. The lowest BCUT2D eigenvalue weighted by atomic mass is 9.84. The molecular formula is C32H29NO2. The zero-order chi connectivity index (χ0) is 23.4. The monoisotopic (exact) mass is 459 g/mol. The summed E-state index contributed by atoms with van der Waals surface area (Å²) >= 11 is 0. The van der Waals surface area contributed by atoms with Crippen molar-refractivity contribution in [1.29, 1.82) is 0 Å². The third-order valence-corrected chi connectivity index (χ3v) is 8.47. The summed E-state index contributed by atoms with van der Waals surface area (Å²) in [5.41, 5.74) is 8.05. The molecule has 0 radical (unpaired) electrons. The third-order valence-electron chi connectivity index (χ3n) is 8.47. The van der Waals surface area contributed by atoms with Crippen LogP contribution in [0, 0.1) is 5.92 Å². The van der Waals surface area contributed by atoms with E-state index in [1.807, 2.05) is 0 Å². The fourth-order valence-electron chi connectivity index (χ4n) is 6.68. The van der Waals surface area contributed by atoms with E-state index >= 15 is 0 Å². The highest BCUT2D eigenvalue weighted by Crippen LogP contribution is 2.47. The van der Waals surface area contributed by atoms with E-state index < -0.39 is 0 Å². The number of rotatable bonds is 2. The second-order valence-electron chi connectivity index (χ2n) is 10.3. The number of carbonyl (C=O) groups excluding carboxylic acids is 1. The zero-order valence-corrected chi connectivity index (χ0v) is 19.9. The maximum atomic E-state index is 14.2. The largest absolute Gasteiger partial charge is 0.366 e. The molecule has 2 atom stereocenters. The molecule has 3 nitrogen and oxygen atoms in total. The molecule has 3 heteroatoms. The van der Waals surface area contributed by atoms with Gasteiger partial charge in [-0.05, 0) is 66.5 Å². The highest BCUT2D eigenvalue weighted by molar-refractivity contribution is 6.12. The van der Waals surface area contributed by atoms with Gasteiger partial charge in [0, 0.05) is 23.4 Å². The summed E-state index contributed by atoms with van der Waals surface area (Å²) in [6, 6.07) is 25.6. The van der Waals surface area contributed by atoms with Crippen LogP contribution in [0.4, 0.5) is 0 Å². The average Bonchev–Trinajstić information content (AvgIpc) is 3.21. The Morgan fingerprint density at radius 3 is 2.60 bits per heavy atom. The van der Waals surface area contributed by atoms with E-state index in [1.165, 1.54) is 22.3 Å². The number of aromatic nitrogens is 1. The van der Waals surface area contributed by atoms with E-state index in [2.05, 4.69) is 89.5 Å². The van der Waals surface area contributed by atoms with Crippen LogP contribution >= 0.6 is 0 Å². The van der Waals surface area contributed by atoms with Gasteiger partial charge in [0.15, 0.2) is 5.78 Å². The summed E-state index contributed by atoms with van der Waals surface area (Å²) < 4.78 is 8.77. The van der Waals surface area contributed by atoms with Gasteiger partial charge in [0.1, 0.15) is 0 Å². The zero-order valence-electron chi connectivity index (χ0n) is 19.9. The number of hydrogen-bond donors (Lipinski definition) is 0. The van der Waals surface area contributed by atoms with Crippen molar-refractivity contribution in [3.05, 3.63) is 106 Å². The molecule has 7 rings (SSSR count). The van der Waals surface area contributed by atoms with E-state index in [0.717, 1.165) is 60.8 Å². The van der Waals surface area contributed by atoms with Gasteiger partial charge >= 0.3 is 0 Å². The van der Waals surface area contributed by atoms with E-state index in [4.69, 9.17) is 4.74 Å². The highest BCUT2D eigenvalue weighted by atomic mass is 16.5. The fraction of sp³-hybridized carbons (Fsp3) is 0.281. The van der Waals surface area contributed by atoms with Crippen LogP contribution in [0.5, 0.6) is 0 Å². The Kier molecular flexibility index (Phi) is 4.82. The minimum absolute atomic E-state index is 0.0280. The molecule has 0 bridgehead atoms. The van der Waals surface area contributed by atoms with E-state index in [9.17, 15) is 4.79 Å². The Hall–Kier alpha value is -3.43. The number of fused-ring (bicyclic) bond motifs is 6. The molecule has 1 spiro atoms. The predicted molar refractivity (Wildman–Crippen MR) is 140 cm³/mol. The maximum Gasteiger partial charge on any atom is 0.168 e. The van der Waals surface area contributed by atoms with Crippen LogP contribution in [0.3, 0.4) is 0 Å². The number of Topliss-reactive ketones (excluding diaryl/α,β-unsaturated/α-hetero) is 1. The van der Waals surface area contributed by atoms with Gasteiger partial charge in [-0.3, -0.25) is 4.79 Å². The predicted octanol–water partition coefficient (Wildman–Crippen LogP) is 7.36. The number of ketones is 1. The van der Waals surface area contributed by atoms with Crippen LogP contribution in [0.2, 0.25) is 0 Å². The molecule has 1 fully saturated rings. The van der Waals surface area contributed by atoms with Crippen LogP contribution < -0.4 is 0 Å². The molecule has 3 aliphatic rings. The van der Waals surface area contributed by atoms with Crippen molar-refractivity contribution in [1.82, 2.24) is 4.57 Å². The maximum absolute atomic E-state index is 14.2. The van der Waals surface area contributed by atoms with Crippen molar-refractivity contribution in [3.8, 4) is 0 Å². The van der Waals surface area contributed by atoms with Gasteiger partial charge in [-0.1, -0.05) is 72.8 Å². The molecule has 2 aliphatic heterocycles. The summed E-state index contributed by atoms with van der Waals surface area (Å²) in [7, 11) is 0. The summed E-state index contributed by atoms with van der Waals surface area (Å²) in [6.07, 6.45) is 9.06. The first-order valence-electron chi connectivity index (χ1n) is 12.9.